The molecule has 2 aromatic carbocycles. The molecule has 3 aliphatic rings. The third-order valence-electron chi connectivity index (χ3n) is 9.28. The minimum atomic E-state index is -3.08. The summed E-state index contributed by atoms with van der Waals surface area (Å²) in [5.41, 5.74) is 14.7. The van der Waals surface area contributed by atoms with E-state index < -0.39 is 32.6 Å². The molecule has 0 amide bonds. The van der Waals surface area contributed by atoms with Crippen LogP contribution in [-0.4, -0.2) is 23.1 Å². The van der Waals surface area contributed by atoms with Gasteiger partial charge in [-0.25, -0.2) is 0 Å². The number of aryl methyl sites for hydroxylation is 2. The molecule has 0 fully saturated rings. The monoisotopic (exact) mass is 779 g/mol. The number of hydrogen-bond donors (Lipinski definition) is 0. The molecule has 0 radical (unpaired) electrons. The molecule has 0 aromatic heterocycles. The van der Waals surface area contributed by atoms with Gasteiger partial charge in [-0.15, -0.1) is 0 Å². The Labute approximate surface area is 266 Å². The van der Waals surface area contributed by atoms with Gasteiger partial charge in [0.2, 0.25) is 0 Å². The van der Waals surface area contributed by atoms with Crippen molar-refractivity contribution in [3.05, 3.63) is 126 Å². The van der Waals surface area contributed by atoms with Crippen LogP contribution in [0.25, 0.3) is 5.57 Å². The maximum atomic E-state index is 7.13. The van der Waals surface area contributed by atoms with Gasteiger partial charge in [-0.1, -0.05) is 0 Å². The maximum absolute atomic E-state index is 7.13. The first kappa shape index (κ1) is 31.1. The van der Waals surface area contributed by atoms with E-state index in [1.54, 1.807) is 5.19 Å². The van der Waals surface area contributed by atoms with Crippen LogP contribution in [0.4, 0.5) is 0 Å². The van der Waals surface area contributed by atoms with Crippen molar-refractivity contribution in [1.29, 1.82) is 0 Å². The summed E-state index contributed by atoms with van der Waals surface area (Å²) in [5.74, 6) is 0. The minimum absolute atomic E-state index is 0.422. The molecule has 211 valence electrons. The van der Waals surface area contributed by atoms with Crippen molar-refractivity contribution >= 4 is 51.0 Å². The van der Waals surface area contributed by atoms with E-state index in [1.165, 1.54) is 69.8 Å². The summed E-state index contributed by atoms with van der Waals surface area (Å²) in [6.07, 6.45) is 11.3. The zero-order chi connectivity index (χ0) is 29.9. The van der Waals surface area contributed by atoms with Crippen molar-refractivity contribution in [1.82, 2.24) is 0 Å². The Bertz CT molecular complexity index is 1640. The molecule has 2 aromatic rings. The van der Waals surface area contributed by atoms with Crippen molar-refractivity contribution < 1.29 is 19.1 Å². The molecule has 0 bridgehead atoms. The summed E-state index contributed by atoms with van der Waals surface area (Å²) in [6, 6.07) is 16.0. The third-order valence-corrected chi connectivity index (χ3v) is 19.0. The average Bonchev–Trinajstić information content (AvgIpc) is 3.36. The first-order valence-corrected chi connectivity index (χ1v) is 29.5. The third kappa shape index (κ3) is 5.12. The molecule has 5 rings (SSSR count). The molecular formula is C36H41Cl2HfSi2. The van der Waals surface area contributed by atoms with Crippen LogP contribution in [-0.2, 0) is 30.9 Å². The molecular weight excluding hydrogens is 738 g/mol. The predicted molar refractivity (Wildman–Crippen MR) is 185 cm³/mol. The number of fused-ring (bicyclic) bond motifs is 1. The summed E-state index contributed by atoms with van der Waals surface area (Å²) in [4.78, 5) is 0. The molecule has 0 aliphatic heterocycles. The van der Waals surface area contributed by atoms with E-state index in [9.17, 15) is 0 Å². The number of allylic oxidation sites excluding steroid dienone is 12. The Balaban J connectivity index is 1.90. The van der Waals surface area contributed by atoms with Crippen LogP contribution in [0, 0.1) is 6.92 Å². The fourth-order valence-corrected chi connectivity index (χ4v) is 18.1. The standard InChI is InChI=1S/C36H41Si2.2ClH.Hf/c1-9-27-21-30(19-25(4)35(27)38(6,7)8)36(32-22-29(18-24(32)3)28-14-11-10-12-15-28)33-20-23(2)26(5)31(33)16-13-17-34(36)37;;;/h10-19,21H,9,22,37H2,1-8H3;2*1H;/q;;;+2/p-2. The fourth-order valence-electron chi connectivity index (χ4n) is 7.55. The topological polar surface area (TPSA) is 0 Å². The number of halogens is 2. The molecule has 1 unspecified atom stereocenters. The van der Waals surface area contributed by atoms with Crippen LogP contribution in [0.3, 0.4) is 0 Å². The summed E-state index contributed by atoms with van der Waals surface area (Å²) in [6.45, 7) is 18.9. The van der Waals surface area contributed by atoms with Crippen LogP contribution in [0.5, 0.6) is 0 Å². The van der Waals surface area contributed by atoms with E-state index >= 15 is 0 Å². The van der Waals surface area contributed by atoms with Crippen molar-refractivity contribution in [3.63, 3.8) is 0 Å². The van der Waals surface area contributed by atoms with Crippen LogP contribution in [0.2, 0.25) is 19.6 Å². The Morgan fingerprint density at radius 3 is 2.27 bits per heavy atom. The van der Waals surface area contributed by atoms with Gasteiger partial charge in [0.05, 0.1) is 0 Å². The Kier molecular flexibility index (Phi) is 8.80. The van der Waals surface area contributed by atoms with Gasteiger partial charge in [-0.05, 0) is 0 Å². The van der Waals surface area contributed by atoms with Crippen LogP contribution < -0.4 is 5.19 Å². The Morgan fingerprint density at radius 2 is 1.66 bits per heavy atom. The molecule has 0 spiro atoms. The Hall–Kier alpha value is -1.37. The second kappa shape index (κ2) is 11.6. The first-order valence-electron chi connectivity index (χ1n) is 14.6. The number of benzene rings is 2. The molecule has 0 saturated heterocycles. The zero-order valence-electron chi connectivity index (χ0n) is 25.7. The van der Waals surface area contributed by atoms with Crippen LogP contribution in [0.1, 0.15) is 56.4 Å². The SMILES string of the molecule is CCc1cc(C2(C3=C(C)C=C(c4ccccc4)C3)C(=[SiH2])C=CC=C3C(C)=C(C)[C]([Hf]([Cl])[Cl])=C32)cc(C)c1[Si](C)(C)C. The molecule has 1 atom stereocenters. The molecule has 3 aliphatic carbocycles. The quantitative estimate of drug-likeness (QED) is 0.257. The van der Waals surface area contributed by atoms with Gasteiger partial charge in [-0.2, -0.15) is 0 Å². The Morgan fingerprint density at radius 1 is 0.976 bits per heavy atom. The van der Waals surface area contributed by atoms with Gasteiger partial charge in [0.1, 0.15) is 0 Å². The fraction of sp³-hybridized carbons (Fsp3) is 0.306. The summed E-state index contributed by atoms with van der Waals surface area (Å²) in [5, 5.41) is 2.98. The van der Waals surface area contributed by atoms with Gasteiger partial charge >= 0.3 is 268 Å². The van der Waals surface area contributed by atoms with E-state index in [0.29, 0.717) is 0 Å². The number of rotatable bonds is 6. The van der Waals surface area contributed by atoms with E-state index in [2.05, 4.69) is 131 Å². The van der Waals surface area contributed by atoms with Gasteiger partial charge in [0.25, 0.3) is 0 Å². The number of hydrogen-bond acceptors (Lipinski definition) is 0. The molecule has 0 saturated carbocycles. The van der Waals surface area contributed by atoms with Gasteiger partial charge in [0.15, 0.2) is 0 Å². The van der Waals surface area contributed by atoms with Crippen molar-refractivity contribution in [2.45, 2.75) is 72.5 Å². The first-order chi connectivity index (χ1) is 19.3. The van der Waals surface area contributed by atoms with Crippen LogP contribution >= 0.6 is 17.2 Å². The molecule has 5 heteroatoms. The van der Waals surface area contributed by atoms with Gasteiger partial charge in [0, 0.05) is 0 Å². The summed E-state index contributed by atoms with van der Waals surface area (Å²) >= 11 is -3.08. The molecule has 0 nitrogen and oxygen atoms in total. The second-order valence-corrected chi connectivity index (χ2v) is 30.0. The van der Waals surface area contributed by atoms with Gasteiger partial charge < -0.3 is 0 Å². The van der Waals surface area contributed by atoms with E-state index in [4.69, 9.17) is 17.2 Å². The van der Waals surface area contributed by atoms with E-state index in [-0.39, 0.29) is 0 Å². The summed E-state index contributed by atoms with van der Waals surface area (Å²) in [7, 11) is 14.8. The van der Waals surface area contributed by atoms with E-state index in [0.717, 1.165) is 12.8 Å². The second-order valence-electron chi connectivity index (χ2n) is 12.8. The van der Waals surface area contributed by atoms with Gasteiger partial charge in [-0.3, -0.25) is 0 Å². The van der Waals surface area contributed by atoms with Crippen molar-refractivity contribution in [3.8, 4) is 0 Å². The van der Waals surface area contributed by atoms with Crippen LogP contribution in [0.15, 0.2) is 104 Å². The zero-order valence-corrected chi connectivity index (χ0v) is 33.2. The molecule has 41 heavy (non-hydrogen) atoms. The average molecular weight is 779 g/mol. The van der Waals surface area contributed by atoms with E-state index in [1.807, 2.05) is 0 Å². The summed E-state index contributed by atoms with van der Waals surface area (Å²) < 4.78 is 1.29. The molecule has 0 heterocycles. The van der Waals surface area contributed by atoms with Crippen molar-refractivity contribution in [2.24, 2.45) is 0 Å². The predicted octanol–water partition coefficient (Wildman–Crippen LogP) is 8.98. The van der Waals surface area contributed by atoms with Crippen molar-refractivity contribution in [2.75, 3.05) is 0 Å². The molecule has 0 N–H and O–H groups in total. The normalized spacial score (nSPS) is 21.0.